The first-order valence-corrected chi connectivity index (χ1v) is 16.9. The molecule has 20 N–H and O–H groups in total. The summed E-state index contributed by atoms with van der Waals surface area (Å²) in [6.07, 6.45) is -14.2. The van der Waals surface area contributed by atoms with Gasteiger partial charge in [-0.25, -0.2) is 0 Å². The van der Waals surface area contributed by atoms with Gasteiger partial charge in [-0.05, 0) is 6.42 Å². The van der Waals surface area contributed by atoms with E-state index < -0.39 is 127 Å². The van der Waals surface area contributed by atoms with Crippen LogP contribution in [0.25, 0.3) is 0 Å². The monoisotopic (exact) mass is 750 g/mol. The van der Waals surface area contributed by atoms with Gasteiger partial charge in [-0.3, -0.25) is 9.11 Å². The Morgan fingerprint density at radius 2 is 1.08 bits per heavy atom. The summed E-state index contributed by atoms with van der Waals surface area (Å²) < 4.78 is 72.4. The molecule has 0 aromatic carbocycles. The Bertz CT molecular complexity index is 1200. The summed E-state index contributed by atoms with van der Waals surface area (Å²) in [5.41, 5.74) is 36.0. The highest BCUT2D eigenvalue weighted by atomic mass is 32.3. The Morgan fingerprint density at radius 3 is 1.54 bits per heavy atom. The van der Waals surface area contributed by atoms with E-state index in [1.165, 1.54) is 0 Å². The van der Waals surface area contributed by atoms with Crippen molar-refractivity contribution in [1.29, 1.82) is 0 Å². The molecule has 4 rings (SSSR count). The van der Waals surface area contributed by atoms with Gasteiger partial charge in [0.15, 0.2) is 18.9 Å². The normalized spacial score (nSPS) is 46.9. The number of aliphatic hydroxyl groups excluding tert-OH is 6. The molecule has 4 fully saturated rings. The smallest absolute Gasteiger partial charge is 0.389 e. The summed E-state index contributed by atoms with van der Waals surface area (Å²) in [4.78, 5) is 0. The van der Waals surface area contributed by atoms with E-state index >= 15 is 0 Å². The maximum atomic E-state index is 11.4. The van der Waals surface area contributed by atoms with Crippen molar-refractivity contribution in [2.45, 2.75) is 123 Å². The second-order valence-electron chi connectivity index (χ2n) is 12.2. The van der Waals surface area contributed by atoms with Crippen LogP contribution in [0.1, 0.15) is 6.42 Å². The highest BCUT2D eigenvalue weighted by molar-refractivity contribution is 7.79. The van der Waals surface area contributed by atoms with Gasteiger partial charge in [-0.2, -0.15) is 8.42 Å². The molecule has 0 amide bonds. The third-order valence-electron chi connectivity index (χ3n) is 8.66. The van der Waals surface area contributed by atoms with E-state index in [9.17, 15) is 30.6 Å². The van der Waals surface area contributed by atoms with Crippen LogP contribution in [0.4, 0.5) is 0 Å². The molecule has 0 aromatic rings. The highest BCUT2D eigenvalue weighted by Crippen LogP contribution is 2.34. The van der Waals surface area contributed by atoms with Crippen molar-refractivity contribution in [2.24, 2.45) is 34.4 Å². The Labute approximate surface area is 287 Å². The Hall–Kier alpha value is -1.33. The Balaban J connectivity index is 0.00000126. The molecule has 24 heteroatoms. The highest BCUT2D eigenvalue weighted by Gasteiger charge is 2.54. The van der Waals surface area contributed by atoms with Crippen LogP contribution in [0.3, 0.4) is 0 Å². The molecule has 1 aliphatic carbocycles. The molecular formula is C26H50N6O17S. The third-order valence-corrected chi connectivity index (χ3v) is 8.66. The molecule has 292 valence electrons. The lowest BCUT2D eigenvalue weighted by Crippen LogP contribution is -2.68. The van der Waals surface area contributed by atoms with Crippen LogP contribution in [-0.4, -0.2) is 191 Å². The molecule has 3 aliphatic heterocycles. The van der Waals surface area contributed by atoms with Crippen molar-refractivity contribution in [3.05, 3.63) is 0 Å². The molecule has 0 radical (unpaired) electrons. The number of terminal acetylenes is 1. The predicted molar refractivity (Wildman–Crippen MR) is 165 cm³/mol. The lowest BCUT2D eigenvalue weighted by molar-refractivity contribution is -0.307. The summed E-state index contributed by atoms with van der Waals surface area (Å²) in [5.74, 6) is 2.31. The Kier molecular flexibility index (Phi) is 16.0. The van der Waals surface area contributed by atoms with Crippen LogP contribution in [0.15, 0.2) is 0 Å². The number of aliphatic hydroxyl groups is 6. The summed E-state index contributed by atoms with van der Waals surface area (Å²) in [5, 5.41) is 63.7. The summed E-state index contributed by atoms with van der Waals surface area (Å²) in [7, 11) is -4.67. The number of ether oxygens (including phenoxy) is 7. The molecule has 0 bridgehead atoms. The number of nitrogens with two attached hydrogens (primary N) is 6. The lowest BCUT2D eigenvalue weighted by atomic mass is 9.84. The van der Waals surface area contributed by atoms with Crippen LogP contribution in [0.2, 0.25) is 0 Å². The summed E-state index contributed by atoms with van der Waals surface area (Å²) in [6.45, 7) is -0.595. The quantitative estimate of drug-likeness (QED) is 0.0529. The van der Waals surface area contributed by atoms with Crippen molar-refractivity contribution < 1.29 is 81.3 Å². The summed E-state index contributed by atoms with van der Waals surface area (Å²) >= 11 is 0. The van der Waals surface area contributed by atoms with Gasteiger partial charge in [0.25, 0.3) is 0 Å². The number of rotatable bonds is 11. The molecule has 3 saturated heterocycles. The van der Waals surface area contributed by atoms with E-state index in [1.54, 1.807) is 0 Å². The van der Waals surface area contributed by atoms with Gasteiger partial charge in [0.05, 0.1) is 24.8 Å². The standard InChI is InChI=1S/C26H48N6O13.H2O4S/c1-2-3-39-7-12-22(44-25-14(32)19(37)17(35)11(6-28)41-25)20(38)26(42-12)45-23-15(33)8(29)4-9(30)21(23)43-24-13(31)18(36)16(34)10(5-27)40-24;1-5(2,3)4/h1,8-26,33-38H,3-7,27-32H2;(H2,1,2,3,4)/t8-,9+,10-,11+,12-,13-,14-,15+,16-,17-,18-,19-,20-,21-,22-,23-,24-,25-,26+;/m1./s1. The van der Waals surface area contributed by atoms with Crippen LogP contribution in [0, 0.1) is 12.3 Å². The van der Waals surface area contributed by atoms with Crippen LogP contribution in [0.5, 0.6) is 0 Å². The van der Waals surface area contributed by atoms with Gasteiger partial charge in [0.2, 0.25) is 0 Å². The SMILES string of the molecule is C#CCOC[C@H]1O[C@@H](O[C@@H]2[C@@H](O)[C@H](N)C[C@H](N)[C@H]2O[C@H]2O[C@H](CN)[C@@H](O)[C@H](O)[C@H]2N)[C@H](O)[C@@H]1O[C@H]1O[C@@H](CN)[C@@H](O)[C@H](O)[C@H]1N.O=S(=O)(O)O. The Morgan fingerprint density at radius 1 is 0.640 bits per heavy atom. The average Bonchev–Trinajstić information content (AvgIpc) is 3.33. The molecule has 23 nitrogen and oxygen atoms in total. The summed E-state index contributed by atoms with van der Waals surface area (Å²) in [6, 6.07) is -4.18. The zero-order valence-electron chi connectivity index (χ0n) is 26.7. The van der Waals surface area contributed by atoms with Gasteiger partial charge in [0, 0.05) is 25.2 Å². The van der Waals surface area contributed by atoms with Crippen LogP contribution in [-0.2, 0) is 43.6 Å². The molecule has 50 heavy (non-hydrogen) atoms. The fourth-order valence-electron chi connectivity index (χ4n) is 5.96. The van der Waals surface area contributed by atoms with Gasteiger partial charge < -0.3 is 98.2 Å². The van der Waals surface area contributed by atoms with E-state index in [4.69, 9.17) is 91.5 Å². The molecule has 3 heterocycles. The fraction of sp³-hybridized carbons (Fsp3) is 0.923. The minimum Gasteiger partial charge on any atom is -0.389 e. The first-order chi connectivity index (χ1) is 23.3. The molecule has 1 saturated carbocycles. The van der Waals surface area contributed by atoms with Crippen molar-refractivity contribution >= 4 is 10.4 Å². The molecule has 19 atom stereocenters. The predicted octanol–water partition coefficient (Wildman–Crippen LogP) is -8.89. The fourth-order valence-corrected chi connectivity index (χ4v) is 5.96. The van der Waals surface area contributed by atoms with Crippen LogP contribution < -0.4 is 34.4 Å². The van der Waals surface area contributed by atoms with Gasteiger partial charge >= 0.3 is 10.4 Å². The molecule has 4 aliphatic rings. The zero-order valence-corrected chi connectivity index (χ0v) is 27.5. The second-order valence-corrected chi connectivity index (χ2v) is 13.1. The van der Waals surface area contributed by atoms with E-state index in [0.29, 0.717) is 0 Å². The molecular weight excluding hydrogens is 700 g/mol. The zero-order chi connectivity index (χ0) is 37.7. The minimum atomic E-state index is -4.67. The van der Waals surface area contributed by atoms with Crippen LogP contribution >= 0.6 is 0 Å². The van der Waals surface area contributed by atoms with E-state index in [1.807, 2.05) is 0 Å². The molecule has 0 unspecified atom stereocenters. The van der Waals surface area contributed by atoms with Gasteiger partial charge in [0.1, 0.15) is 73.8 Å². The second kappa shape index (κ2) is 18.6. The number of hydrogen-bond acceptors (Lipinski definition) is 21. The average molecular weight is 751 g/mol. The van der Waals surface area contributed by atoms with E-state index in [0.717, 1.165) is 0 Å². The van der Waals surface area contributed by atoms with Gasteiger partial charge in [-0.15, -0.1) is 6.42 Å². The van der Waals surface area contributed by atoms with Gasteiger partial charge in [-0.1, -0.05) is 5.92 Å². The molecule has 0 spiro atoms. The van der Waals surface area contributed by atoms with Crippen molar-refractivity contribution in [3.8, 4) is 12.3 Å². The first-order valence-electron chi connectivity index (χ1n) is 15.5. The minimum absolute atomic E-state index is 0.0922. The third kappa shape index (κ3) is 10.6. The molecule has 0 aromatic heterocycles. The van der Waals surface area contributed by atoms with Crippen molar-refractivity contribution in [2.75, 3.05) is 26.3 Å². The number of hydrogen-bond donors (Lipinski definition) is 14. The maximum Gasteiger partial charge on any atom is 0.394 e. The van der Waals surface area contributed by atoms with Crippen molar-refractivity contribution in [3.63, 3.8) is 0 Å². The van der Waals surface area contributed by atoms with E-state index in [2.05, 4.69) is 5.92 Å². The lowest BCUT2D eigenvalue weighted by Gasteiger charge is -2.47. The largest absolute Gasteiger partial charge is 0.394 e. The first kappa shape index (κ1) is 43.1. The van der Waals surface area contributed by atoms with E-state index in [-0.39, 0.29) is 32.7 Å². The topological polar surface area (TPSA) is 417 Å². The van der Waals surface area contributed by atoms with Crippen molar-refractivity contribution in [1.82, 2.24) is 0 Å². The maximum absolute atomic E-state index is 11.4.